The first-order chi connectivity index (χ1) is 14.9. The van der Waals surface area contributed by atoms with Crippen LogP contribution in [0.5, 0.6) is 0 Å². The number of nitrogens with one attached hydrogen (secondary N) is 1. The van der Waals surface area contributed by atoms with Gasteiger partial charge in [-0.2, -0.15) is 5.43 Å². The number of halogens is 1. The zero-order valence-corrected chi connectivity index (χ0v) is 18.2. The molecule has 0 aliphatic carbocycles. The lowest BCUT2D eigenvalue weighted by Gasteiger charge is -2.31. The quantitative estimate of drug-likeness (QED) is 0.453. The third kappa shape index (κ3) is 3.94. The summed E-state index contributed by atoms with van der Waals surface area (Å²) in [6.45, 7) is 2.34. The molecule has 2 aromatic rings. The van der Waals surface area contributed by atoms with Crippen molar-refractivity contribution in [1.82, 2.24) is 15.2 Å². The van der Waals surface area contributed by atoms with Gasteiger partial charge in [0.1, 0.15) is 0 Å². The van der Waals surface area contributed by atoms with Gasteiger partial charge in [0.25, 0.3) is 5.91 Å². The van der Waals surface area contributed by atoms with Gasteiger partial charge in [0.15, 0.2) is 0 Å². The Balaban J connectivity index is 1.69. The molecule has 1 fully saturated rings. The number of amidine groups is 1. The van der Waals surface area contributed by atoms with E-state index in [1.807, 2.05) is 49.4 Å². The average Bonchev–Trinajstić information content (AvgIpc) is 3.12. The van der Waals surface area contributed by atoms with Crippen LogP contribution in [-0.2, 0) is 11.3 Å². The number of fused-ring (bicyclic) bond motifs is 1. The molecule has 1 N–H and O–H groups in total. The number of likely N-dealkylation sites (N-methyl/N-ethyl adjacent to an activating group) is 2. The lowest BCUT2D eigenvalue weighted by atomic mass is 10.1. The van der Waals surface area contributed by atoms with Gasteiger partial charge in [0, 0.05) is 24.7 Å². The maximum atomic E-state index is 13.0. The molecule has 0 bridgehead atoms. The van der Waals surface area contributed by atoms with E-state index in [0.29, 0.717) is 23.4 Å². The second-order valence-corrected chi connectivity index (χ2v) is 7.84. The van der Waals surface area contributed by atoms with Crippen LogP contribution in [0, 0.1) is 6.92 Å². The Hall–Kier alpha value is -3.52. The summed E-state index contributed by atoms with van der Waals surface area (Å²) in [6.07, 6.45) is 1.67. The molecular weight excluding hydrogens is 416 g/mol. The number of hydrogen-bond donors (Lipinski definition) is 1. The number of amides is 3. The molecule has 0 spiro atoms. The number of hydrogen-bond acceptors (Lipinski definition) is 5. The molecule has 2 aliphatic heterocycles. The number of carbonyl (C=O) groups excluding carboxylic acids is 2. The fourth-order valence-electron chi connectivity index (χ4n) is 3.48. The predicted octanol–water partition coefficient (Wildman–Crippen LogP) is 2.45. The normalized spacial score (nSPS) is 18.7. The minimum Gasteiger partial charge on any atom is -0.270 e. The SMILES string of the molecule is Cc1ccc(/C=N/NC2=[N+](Cc3ccccc3Cl)C3C(=O)N(C)C(=O)N(C)C3=N2)cc1. The van der Waals surface area contributed by atoms with Crippen LogP contribution in [0.25, 0.3) is 0 Å². The maximum absolute atomic E-state index is 13.0. The summed E-state index contributed by atoms with van der Waals surface area (Å²) in [5.74, 6) is 0.369. The van der Waals surface area contributed by atoms with E-state index in [-0.39, 0.29) is 5.91 Å². The minimum atomic E-state index is -0.749. The molecule has 0 saturated carbocycles. The maximum Gasteiger partial charge on any atom is 0.414 e. The number of rotatable bonds is 4. The number of hydrazone groups is 1. The largest absolute Gasteiger partial charge is 0.414 e. The molecular formula is C22H22ClN6O2+. The second kappa shape index (κ2) is 8.31. The van der Waals surface area contributed by atoms with E-state index in [1.165, 1.54) is 11.9 Å². The van der Waals surface area contributed by atoms with Crippen LogP contribution in [0.4, 0.5) is 4.79 Å². The Kier molecular flexibility index (Phi) is 5.56. The summed E-state index contributed by atoms with van der Waals surface area (Å²) < 4.78 is 1.77. The molecule has 31 heavy (non-hydrogen) atoms. The van der Waals surface area contributed by atoms with E-state index in [1.54, 1.807) is 23.9 Å². The van der Waals surface area contributed by atoms with Crippen LogP contribution >= 0.6 is 11.6 Å². The van der Waals surface area contributed by atoms with Crippen LogP contribution in [0.2, 0.25) is 5.02 Å². The minimum absolute atomic E-state index is 0.321. The van der Waals surface area contributed by atoms with E-state index in [9.17, 15) is 9.59 Å². The predicted molar refractivity (Wildman–Crippen MR) is 119 cm³/mol. The van der Waals surface area contributed by atoms with Gasteiger partial charge in [-0.15, -0.1) is 5.10 Å². The molecule has 9 heteroatoms. The van der Waals surface area contributed by atoms with E-state index >= 15 is 0 Å². The first kappa shape index (κ1) is 20.7. The number of aliphatic imine (C=N–C) groups is 1. The van der Waals surface area contributed by atoms with Crippen molar-refractivity contribution in [3.05, 3.63) is 70.2 Å². The fourth-order valence-corrected chi connectivity index (χ4v) is 3.68. The highest BCUT2D eigenvalue weighted by atomic mass is 35.5. The van der Waals surface area contributed by atoms with Crippen LogP contribution in [-0.4, -0.2) is 64.5 Å². The van der Waals surface area contributed by atoms with Gasteiger partial charge < -0.3 is 0 Å². The number of imide groups is 1. The van der Waals surface area contributed by atoms with Crippen molar-refractivity contribution in [1.29, 1.82) is 0 Å². The van der Waals surface area contributed by atoms with E-state index in [2.05, 4.69) is 15.5 Å². The van der Waals surface area contributed by atoms with E-state index in [4.69, 9.17) is 11.6 Å². The third-order valence-electron chi connectivity index (χ3n) is 5.28. The lowest BCUT2D eigenvalue weighted by Crippen LogP contribution is -2.61. The van der Waals surface area contributed by atoms with Crippen LogP contribution < -0.4 is 5.43 Å². The number of carbonyl (C=O) groups is 2. The molecule has 158 valence electrons. The highest BCUT2D eigenvalue weighted by Gasteiger charge is 2.51. The summed E-state index contributed by atoms with van der Waals surface area (Å²) in [4.78, 5) is 32.4. The highest BCUT2D eigenvalue weighted by Crippen LogP contribution is 2.22. The van der Waals surface area contributed by atoms with Gasteiger partial charge in [-0.05, 0) is 18.6 Å². The molecule has 1 saturated heterocycles. The molecule has 1 unspecified atom stereocenters. The molecule has 2 aromatic carbocycles. The van der Waals surface area contributed by atoms with Crippen LogP contribution in [0.1, 0.15) is 16.7 Å². The van der Waals surface area contributed by atoms with Crippen molar-refractivity contribution in [2.75, 3.05) is 14.1 Å². The Bertz CT molecular complexity index is 1140. The number of aryl methyl sites for hydroxylation is 1. The first-order valence-corrected chi connectivity index (χ1v) is 10.1. The van der Waals surface area contributed by atoms with Gasteiger partial charge in [0.2, 0.25) is 11.9 Å². The summed E-state index contributed by atoms with van der Waals surface area (Å²) in [6, 6.07) is 14.1. The van der Waals surface area contributed by atoms with Crippen molar-refractivity contribution in [3.63, 3.8) is 0 Å². The fraction of sp³-hybridized carbons (Fsp3) is 0.227. The van der Waals surface area contributed by atoms with Crippen molar-refractivity contribution in [3.8, 4) is 0 Å². The third-order valence-corrected chi connectivity index (χ3v) is 5.65. The zero-order chi connectivity index (χ0) is 22.1. The Labute approximate surface area is 185 Å². The van der Waals surface area contributed by atoms with E-state index in [0.717, 1.165) is 21.6 Å². The second-order valence-electron chi connectivity index (χ2n) is 7.43. The van der Waals surface area contributed by atoms with Gasteiger partial charge >= 0.3 is 12.0 Å². The van der Waals surface area contributed by atoms with Crippen molar-refractivity contribution in [2.24, 2.45) is 10.1 Å². The Morgan fingerprint density at radius 1 is 1.13 bits per heavy atom. The molecule has 0 radical (unpaired) electrons. The van der Waals surface area contributed by atoms with Crippen LogP contribution in [0.3, 0.4) is 0 Å². The molecule has 2 heterocycles. The van der Waals surface area contributed by atoms with E-state index < -0.39 is 12.1 Å². The number of benzene rings is 2. The Morgan fingerprint density at radius 2 is 1.84 bits per heavy atom. The Morgan fingerprint density at radius 3 is 2.55 bits per heavy atom. The molecule has 8 nitrogen and oxygen atoms in total. The van der Waals surface area contributed by atoms with Crippen LogP contribution in [0.15, 0.2) is 58.6 Å². The van der Waals surface area contributed by atoms with Crippen molar-refractivity contribution < 1.29 is 14.2 Å². The van der Waals surface area contributed by atoms with Crippen molar-refractivity contribution >= 4 is 41.5 Å². The first-order valence-electron chi connectivity index (χ1n) is 9.73. The monoisotopic (exact) mass is 437 g/mol. The van der Waals surface area contributed by atoms with Gasteiger partial charge in [0.05, 0.1) is 12.8 Å². The van der Waals surface area contributed by atoms with Gasteiger partial charge in [-0.3, -0.25) is 14.6 Å². The average molecular weight is 438 g/mol. The molecule has 2 aliphatic rings. The molecule has 0 aromatic heterocycles. The zero-order valence-electron chi connectivity index (χ0n) is 17.4. The smallest absolute Gasteiger partial charge is 0.270 e. The summed E-state index contributed by atoms with van der Waals surface area (Å²) in [5.41, 5.74) is 5.84. The molecule has 1 atom stereocenters. The van der Waals surface area contributed by atoms with Gasteiger partial charge in [-0.1, -0.05) is 64.6 Å². The summed E-state index contributed by atoms with van der Waals surface area (Å²) >= 11 is 6.36. The number of nitrogens with zero attached hydrogens (tertiary/aromatic N) is 5. The number of guanidine groups is 1. The number of urea groups is 1. The van der Waals surface area contributed by atoms with Gasteiger partial charge in [-0.25, -0.2) is 9.37 Å². The standard InChI is InChI=1S/C22H21ClN6O2/c1-14-8-10-15(11-9-14)12-24-26-21-25-19-18(20(30)28(3)22(31)27(19)2)29(21)13-16-6-4-5-7-17(16)23/h4-12,18H,13H2,1-3H3/p+1/b24-12+. The molecule has 3 amide bonds. The summed E-state index contributed by atoms with van der Waals surface area (Å²) in [7, 11) is 3.07. The molecule has 4 rings (SSSR count). The topological polar surface area (TPSA) is 80.4 Å². The lowest BCUT2D eigenvalue weighted by molar-refractivity contribution is -0.553. The van der Waals surface area contributed by atoms with Crippen molar-refractivity contribution in [2.45, 2.75) is 19.5 Å². The highest BCUT2D eigenvalue weighted by molar-refractivity contribution is 6.31. The summed E-state index contributed by atoms with van der Waals surface area (Å²) in [5, 5.41) is 4.87.